The summed E-state index contributed by atoms with van der Waals surface area (Å²) in [4.78, 5) is 25.5. The third-order valence-electron chi connectivity index (χ3n) is 3.33. The van der Waals surface area contributed by atoms with E-state index < -0.39 is 18.8 Å². The fourth-order valence-electron chi connectivity index (χ4n) is 2.16. The quantitative estimate of drug-likeness (QED) is 0.787. The Morgan fingerprint density at radius 3 is 2.65 bits per heavy atom. The van der Waals surface area contributed by atoms with Crippen LogP contribution in [0.4, 0.5) is 4.39 Å². The number of carbonyl (C=O) groups excluding carboxylic acids is 2. The number of nitrogens with one attached hydrogen (secondary N) is 1. The number of rotatable bonds is 5. The molecular weight excluding hydrogens is 223 g/mol. The highest BCUT2D eigenvalue weighted by Gasteiger charge is 2.40. The van der Waals surface area contributed by atoms with Gasteiger partial charge in [0.1, 0.15) is 12.1 Å². The molecule has 0 aromatic heterocycles. The van der Waals surface area contributed by atoms with E-state index in [4.69, 9.17) is 0 Å². The van der Waals surface area contributed by atoms with Crippen LogP contribution in [-0.4, -0.2) is 42.0 Å². The number of carbonyl (C=O) groups is 2. The van der Waals surface area contributed by atoms with Crippen LogP contribution in [0.5, 0.6) is 0 Å². The van der Waals surface area contributed by atoms with E-state index in [1.807, 2.05) is 13.8 Å². The molecule has 4 nitrogen and oxygen atoms in total. The molecule has 2 amide bonds. The average Bonchev–Trinajstić information content (AvgIpc) is 2.31. The molecule has 1 fully saturated rings. The molecule has 1 aliphatic rings. The molecule has 0 spiro atoms. The second-order valence-corrected chi connectivity index (χ2v) is 4.63. The fraction of sp³-hybridized carbons (Fsp3) is 0.833. The highest BCUT2D eigenvalue weighted by atomic mass is 19.1. The van der Waals surface area contributed by atoms with E-state index in [2.05, 4.69) is 5.32 Å². The number of hydrogen-bond donors (Lipinski definition) is 1. The molecule has 0 radical (unpaired) electrons. The SMILES string of the molecule is CCC(C)C1C(=O)NC(C)C(=O)N1CCCF. The van der Waals surface area contributed by atoms with Gasteiger partial charge in [0.25, 0.3) is 0 Å². The van der Waals surface area contributed by atoms with E-state index in [1.54, 1.807) is 6.92 Å². The van der Waals surface area contributed by atoms with Crippen LogP contribution in [0.25, 0.3) is 0 Å². The summed E-state index contributed by atoms with van der Waals surface area (Å²) in [5, 5.41) is 2.68. The Kier molecular flexibility index (Phi) is 4.90. The van der Waals surface area contributed by atoms with Crippen LogP contribution in [0, 0.1) is 5.92 Å². The second kappa shape index (κ2) is 5.98. The van der Waals surface area contributed by atoms with E-state index in [0.717, 1.165) is 6.42 Å². The van der Waals surface area contributed by atoms with Crippen LogP contribution < -0.4 is 5.32 Å². The van der Waals surface area contributed by atoms with Gasteiger partial charge in [0, 0.05) is 6.54 Å². The van der Waals surface area contributed by atoms with Gasteiger partial charge in [-0.2, -0.15) is 0 Å². The lowest BCUT2D eigenvalue weighted by Crippen LogP contribution is -2.64. The van der Waals surface area contributed by atoms with Crippen molar-refractivity contribution in [3.8, 4) is 0 Å². The number of halogens is 1. The Morgan fingerprint density at radius 2 is 2.12 bits per heavy atom. The number of piperazine rings is 1. The van der Waals surface area contributed by atoms with Crippen molar-refractivity contribution in [3.63, 3.8) is 0 Å². The Labute approximate surface area is 102 Å². The monoisotopic (exact) mass is 244 g/mol. The third kappa shape index (κ3) is 2.96. The molecule has 1 aliphatic heterocycles. The molecule has 1 heterocycles. The number of nitrogens with zero attached hydrogens (tertiary/aromatic N) is 1. The molecule has 0 aliphatic carbocycles. The summed E-state index contributed by atoms with van der Waals surface area (Å²) in [6.07, 6.45) is 1.10. The van der Waals surface area contributed by atoms with Gasteiger partial charge in [-0.05, 0) is 19.3 Å². The molecule has 0 aromatic carbocycles. The van der Waals surface area contributed by atoms with Crippen LogP contribution >= 0.6 is 0 Å². The Bertz CT molecular complexity index is 296. The average molecular weight is 244 g/mol. The van der Waals surface area contributed by atoms with Gasteiger partial charge < -0.3 is 10.2 Å². The molecule has 17 heavy (non-hydrogen) atoms. The molecule has 5 heteroatoms. The molecule has 0 aromatic rings. The molecule has 1 rings (SSSR count). The predicted molar refractivity (Wildman–Crippen MR) is 63.2 cm³/mol. The van der Waals surface area contributed by atoms with Crippen molar-refractivity contribution < 1.29 is 14.0 Å². The maximum absolute atomic E-state index is 12.2. The number of hydrogen-bond acceptors (Lipinski definition) is 2. The smallest absolute Gasteiger partial charge is 0.245 e. The molecule has 1 N–H and O–H groups in total. The standard InChI is InChI=1S/C12H21FN2O2/c1-4-8(2)10-11(16)14-9(3)12(17)15(10)7-5-6-13/h8-10H,4-7H2,1-3H3,(H,14,16). The summed E-state index contributed by atoms with van der Waals surface area (Å²) >= 11 is 0. The van der Waals surface area contributed by atoms with E-state index in [1.165, 1.54) is 4.90 Å². The van der Waals surface area contributed by atoms with E-state index in [-0.39, 0.29) is 17.7 Å². The summed E-state index contributed by atoms with van der Waals surface area (Å²) in [5.41, 5.74) is 0. The summed E-state index contributed by atoms with van der Waals surface area (Å²) in [5.74, 6) is -0.139. The zero-order valence-corrected chi connectivity index (χ0v) is 10.7. The topological polar surface area (TPSA) is 49.4 Å². The van der Waals surface area contributed by atoms with Crippen molar-refractivity contribution in [1.29, 1.82) is 0 Å². The molecule has 1 saturated heterocycles. The lowest BCUT2D eigenvalue weighted by molar-refractivity contribution is -0.151. The second-order valence-electron chi connectivity index (χ2n) is 4.63. The molecule has 3 unspecified atom stereocenters. The first kappa shape index (κ1) is 13.9. The Morgan fingerprint density at radius 1 is 1.47 bits per heavy atom. The van der Waals surface area contributed by atoms with Gasteiger partial charge in [0.2, 0.25) is 11.8 Å². The highest BCUT2D eigenvalue weighted by Crippen LogP contribution is 2.20. The highest BCUT2D eigenvalue weighted by molar-refractivity contribution is 5.96. The van der Waals surface area contributed by atoms with Gasteiger partial charge in [-0.3, -0.25) is 14.0 Å². The van der Waals surface area contributed by atoms with Gasteiger partial charge in [-0.15, -0.1) is 0 Å². The molecule has 3 atom stereocenters. The third-order valence-corrected chi connectivity index (χ3v) is 3.33. The fourth-order valence-corrected chi connectivity index (χ4v) is 2.16. The lowest BCUT2D eigenvalue weighted by Gasteiger charge is -2.40. The largest absolute Gasteiger partial charge is 0.343 e. The van der Waals surface area contributed by atoms with Gasteiger partial charge >= 0.3 is 0 Å². The zero-order chi connectivity index (χ0) is 13.0. The van der Waals surface area contributed by atoms with E-state index >= 15 is 0 Å². The first-order chi connectivity index (χ1) is 8.02. The van der Waals surface area contributed by atoms with E-state index in [0.29, 0.717) is 13.0 Å². The zero-order valence-electron chi connectivity index (χ0n) is 10.7. The van der Waals surface area contributed by atoms with Gasteiger partial charge in [-0.1, -0.05) is 20.3 Å². The predicted octanol–water partition coefficient (Wildman–Crippen LogP) is 1.11. The van der Waals surface area contributed by atoms with Crippen molar-refractivity contribution in [2.75, 3.05) is 13.2 Å². The van der Waals surface area contributed by atoms with Gasteiger partial charge in [0.05, 0.1) is 6.67 Å². The minimum atomic E-state index is -0.498. The first-order valence-corrected chi connectivity index (χ1v) is 6.19. The van der Waals surface area contributed by atoms with Crippen molar-refractivity contribution in [3.05, 3.63) is 0 Å². The van der Waals surface area contributed by atoms with Crippen molar-refractivity contribution in [2.24, 2.45) is 5.92 Å². The van der Waals surface area contributed by atoms with Gasteiger partial charge in [0.15, 0.2) is 0 Å². The van der Waals surface area contributed by atoms with Crippen LogP contribution in [0.3, 0.4) is 0 Å². The van der Waals surface area contributed by atoms with Crippen LogP contribution in [-0.2, 0) is 9.59 Å². The van der Waals surface area contributed by atoms with Crippen molar-refractivity contribution in [2.45, 2.75) is 45.7 Å². The number of alkyl halides is 1. The summed E-state index contributed by atoms with van der Waals surface area (Å²) < 4.78 is 12.2. The normalized spacial score (nSPS) is 26.9. The molecule has 0 saturated carbocycles. The summed E-state index contributed by atoms with van der Waals surface area (Å²) in [6, 6.07) is -0.947. The van der Waals surface area contributed by atoms with E-state index in [9.17, 15) is 14.0 Å². The summed E-state index contributed by atoms with van der Waals surface area (Å²) in [7, 11) is 0. The first-order valence-electron chi connectivity index (χ1n) is 6.19. The Hall–Kier alpha value is -1.13. The minimum Gasteiger partial charge on any atom is -0.343 e. The molecular formula is C12H21FN2O2. The van der Waals surface area contributed by atoms with Crippen LogP contribution in [0.1, 0.15) is 33.6 Å². The van der Waals surface area contributed by atoms with Gasteiger partial charge in [-0.25, -0.2) is 0 Å². The van der Waals surface area contributed by atoms with Crippen LogP contribution in [0.15, 0.2) is 0 Å². The van der Waals surface area contributed by atoms with Crippen molar-refractivity contribution in [1.82, 2.24) is 10.2 Å². The number of amides is 2. The summed E-state index contributed by atoms with van der Waals surface area (Å²) in [6.45, 7) is 5.44. The lowest BCUT2D eigenvalue weighted by atomic mass is 9.93. The molecule has 98 valence electrons. The maximum Gasteiger partial charge on any atom is 0.245 e. The van der Waals surface area contributed by atoms with Crippen LogP contribution in [0.2, 0.25) is 0 Å². The Balaban J connectivity index is 2.87. The molecule has 0 bridgehead atoms. The minimum absolute atomic E-state index is 0.0889. The maximum atomic E-state index is 12.2. The van der Waals surface area contributed by atoms with Crippen molar-refractivity contribution >= 4 is 11.8 Å².